The van der Waals surface area contributed by atoms with E-state index in [4.69, 9.17) is 4.74 Å². The van der Waals surface area contributed by atoms with Gasteiger partial charge in [-0.3, -0.25) is 33.8 Å². The number of ketones is 4. The van der Waals surface area contributed by atoms with E-state index in [0.717, 1.165) is 6.07 Å². The van der Waals surface area contributed by atoms with Crippen molar-refractivity contribution in [3.8, 4) is 45.3 Å². The predicted molar refractivity (Wildman–Crippen MR) is 169 cm³/mol. The van der Waals surface area contributed by atoms with E-state index in [-0.39, 0.29) is 95.1 Å². The van der Waals surface area contributed by atoms with E-state index in [9.17, 15) is 44.4 Å². The second-order valence-corrected chi connectivity index (χ2v) is 12.6. The number of benzene rings is 4. The number of aromatic hydroxyl groups is 3. The standard InChI is InChI=1S/C36H22N2O10/c1-12(39)9-10-13-23-27(21-15(30(23)43)6-4-8-18(21)41)32-28-24(13)35(47)37-38(28)29-22-16(33(45)36(2,48-32)34(29)46)11-19(42)25-20-14(31(44)26(22)25)5-3-7-17(20)40/h3-11,29,34,40-42,46H,1-2H3,(H,37,47)/b10-9+/t29-,34+,36+/m1/s1. The van der Waals surface area contributed by atoms with Crippen molar-refractivity contribution in [1.82, 2.24) is 9.78 Å². The van der Waals surface area contributed by atoms with Crippen molar-refractivity contribution < 1.29 is 44.3 Å². The lowest BCUT2D eigenvalue weighted by atomic mass is 9.72. The number of phenolic OH excluding ortho intramolecular Hbond substituents is 3. The topological polar surface area (TPSA) is 196 Å². The highest BCUT2D eigenvalue weighted by Gasteiger charge is 2.59. The van der Waals surface area contributed by atoms with Crippen LogP contribution in [0.25, 0.3) is 39.2 Å². The summed E-state index contributed by atoms with van der Waals surface area (Å²) in [7, 11) is 0. The Morgan fingerprint density at radius 3 is 2.12 bits per heavy atom. The third-order valence-electron chi connectivity index (χ3n) is 9.96. The van der Waals surface area contributed by atoms with Crippen molar-refractivity contribution in [3.63, 3.8) is 0 Å². The number of allylic oxidation sites excluding steroid dienone is 1. The molecule has 1 aromatic heterocycles. The quantitative estimate of drug-likeness (QED) is 0.173. The van der Waals surface area contributed by atoms with E-state index in [0.29, 0.717) is 0 Å². The number of Topliss-reactive ketones (excluding diaryl/α,β-unsaturated/α-hetero) is 1. The maximum Gasteiger partial charge on any atom is 0.272 e. The van der Waals surface area contributed by atoms with Crippen molar-refractivity contribution >= 4 is 40.1 Å². The number of carbonyl (C=O) groups is 4. The Labute approximate surface area is 268 Å². The van der Waals surface area contributed by atoms with Crippen LogP contribution in [0.2, 0.25) is 0 Å². The number of carbonyl (C=O) groups excluding carboxylic acids is 4. The van der Waals surface area contributed by atoms with E-state index in [2.05, 4.69) is 5.10 Å². The van der Waals surface area contributed by atoms with Crippen LogP contribution in [0, 0.1) is 0 Å². The number of ether oxygens (including phenoxy) is 1. The molecule has 236 valence electrons. The van der Waals surface area contributed by atoms with E-state index in [1.165, 1.54) is 67.1 Å². The van der Waals surface area contributed by atoms with Gasteiger partial charge < -0.3 is 25.2 Å². The Hall–Kier alpha value is -6.27. The molecule has 0 spiro atoms. The van der Waals surface area contributed by atoms with E-state index in [1.54, 1.807) is 0 Å². The molecule has 3 atom stereocenters. The maximum atomic E-state index is 14.5. The number of nitrogens with one attached hydrogen (secondary N) is 1. The van der Waals surface area contributed by atoms with Crippen LogP contribution in [-0.2, 0) is 4.79 Å². The zero-order valence-electron chi connectivity index (χ0n) is 25.0. The fourth-order valence-corrected chi connectivity index (χ4v) is 7.93. The Morgan fingerprint density at radius 2 is 1.48 bits per heavy atom. The molecule has 5 aromatic rings. The molecule has 0 radical (unpaired) electrons. The van der Waals surface area contributed by atoms with Crippen molar-refractivity contribution in [2.45, 2.75) is 31.6 Å². The van der Waals surface area contributed by atoms with Gasteiger partial charge in [-0.15, -0.1) is 0 Å². The molecule has 48 heavy (non-hydrogen) atoms. The van der Waals surface area contributed by atoms with Gasteiger partial charge in [0, 0.05) is 61.2 Å². The van der Waals surface area contributed by atoms with Gasteiger partial charge in [-0.1, -0.05) is 24.3 Å². The number of phenols is 3. The minimum Gasteiger partial charge on any atom is -0.507 e. The zero-order valence-corrected chi connectivity index (χ0v) is 25.0. The van der Waals surface area contributed by atoms with Crippen LogP contribution < -0.4 is 10.3 Å². The summed E-state index contributed by atoms with van der Waals surface area (Å²) >= 11 is 0. The summed E-state index contributed by atoms with van der Waals surface area (Å²) in [6, 6.07) is 8.38. The number of aliphatic hydroxyl groups excluding tert-OH is 1. The average molecular weight is 643 g/mol. The first-order chi connectivity index (χ1) is 22.9. The molecule has 5 N–H and O–H groups in total. The Morgan fingerprint density at radius 1 is 0.854 bits per heavy atom. The summed E-state index contributed by atoms with van der Waals surface area (Å²) in [6.07, 6.45) is 0.754. The summed E-state index contributed by atoms with van der Waals surface area (Å²) < 4.78 is 7.77. The lowest BCUT2D eigenvalue weighted by molar-refractivity contribution is -0.112. The summed E-state index contributed by atoms with van der Waals surface area (Å²) in [5, 5.41) is 47.9. The smallest absolute Gasteiger partial charge is 0.272 e. The molecule has 3 aliphatic carbocycles. The molecule has 2 heterocycles. The Bertz CT molecular complexity index is 2570. The van der Waals surface area contributed by atoms with Gasteiger partial charge in [0.15, 0.2) is 28.7 Å². The average Bonchev–Trinajstić information content (AvgIpc) is 3.64. The SMILES string of the molecule is CC(=O)/C=C/c1c2c(c3c4c1c(=O)[nH]n4[C@@H]1c4c(cc(O)c5c4C(=O)c4cccc(O)c4-5)C(=O)[C@](C)(O3)[C@H]1O)-c1c(O)cccc1C2=O. The van der Waals surface area contributed by atoms with Gasteiger partial charge in [-0.2, -0.15) is 0 Å². The van der Waals surface area contributed by atoms with E-state index < -0.39 is 46.4 Å². The van der Waals surface area contributed by atoms with Crippen LogP contribution in [0.15, 0.2) is 53.3 Å². The van der Waals surface area contributed by atoms with Gasteiger partial charge in [0.1, 0.15) is 34.9 Å². The van der Waals surface area contributed by atoms with Crippen LogP contribution in [0.5, 0.6) is 23.0 Å². The first-order valence-electron chi connectivity index (χ1n) is 15.0. The molecule has 2 bridgehead atoms. The lowest BCUT2D eigenvalue weighted by Gasteiger charge is -2.41. The third kappa shape index (κ3) is 3.05. The normalized spacial score (nSPS) is 21.1. The van der Waals surface area contributed by atoms with E-state index >= 15 is 0 Å². The molecule has 1 aliphatic heterocycles. The molecule has 4 aromatic carbocycles. The molecule has 9 rings (SSSR count). The largest absolute Gasteiger partial charge is 0.507 e. The summed E-state index contributed by atoms with van der Waals surface area (Å²) in [5.41, 5.74) is -2.82. The van der Waals surface area contributed by atoms with Crippen molar-refractivity contribution in [2.75, 3.05) is 0 Å². The second-order valence-electron chi connectivity index (χ2n) is 12.6. The van der Waals surface area contributed by atoms with Crippen molar-refractivity contribution in [1.29, 1.82) is 0 Å². The number of nitrogens with zero attached hydrogens (tertiary/aromatic N) is 1. The molecule has 12 nitrogen and oxygen atoms in total. The van der Waals surface area contributed by atoms with Crippen LogP contribution in [0.4, 0.5) is 0 Å². The minimum atomic E-state index is -2.11. The zero-order chi connectivity index (χ0) is 33.7. The van der Waals surface area contributed by atoms with Gasteiger partial charge >= 0.3 is 0 Å². The molecule has 0 saturated heterocycles. The van der Waals surface area contributed by atoms with E-state index in [1.807, 2.05) is 0 Å². The monoisotopic (exact) mass is 642 g/mol. The fourth-order valence-electron chi connectivity index (χ4n) is 7.93. The lowest BCUT2D eigenvalue weighted by Crippen LogP contribution is -2.58. The highest BCUT2D eigenvalue weighted by molar-refractivity contribution is 6.29. The van der Waals surface area contributed by atoms with Crippen LogP contribution in [0.1, 0.15) is 73.2 Å². The van der Waals surface area contributed by atoms with Crippen molar-refractivity contribution in [3.05, 3.63) is 97.8 Å². The van der Waals surface area contributed by atoms with Crippen molar-refractivity contribution in [2.24, 2.45) is 0 Å². The fraction of sp³-hybridized carbons (Fsp3) is 0.139. The molecule has 0 unspecified atom stereocenters. The second kappa shape index (κ2) is 8.75. The van der Waals surface area contributed by atoms with Gasteiger partial charge in [0.2, 0.25) is 5.78 Å². The molecule has 4 aliphatic rings. The molecular weight excluding hydrogens is 620 g/mol. The Balaban J connectivity index is 1.47. The van der Waals surface area contributed by atoms with Gasteiger partial charge in [0.05, 0.1) is 5.39 Å². The molecule has 12 heteroatoms. The number of hydrogen-bond acceptors (Lipinski definition) is 10. The number of hydrogen-bond donors (Lipinski definition) is 5. The molecular formula is C36H22N2O10. The van der Waals surface area contributed by atoms with Gasteiger partial charge in [-0.05, 0) is 44.2 Å². The van der Waals surface area contributed by atoms with Crippen LogP contribution in [-0.4, -0.2) is 65.0 Å². The third-order valence-corrected chi connectivity index (χ3v) is 9.96. The van der Waals surface area contributed by atoms with Gasteiger partial charge in [0.25, 0.3) is 5.56 Å². The Kier molecular flexibility index (Phi) is 5.10. The first-order valence-corrected chi connectivity index (χ1v) is 15.0. The number of fused-ring (bicyclic) bond motifs is 13. The van der Waals surface area contributed by atoms with Crippen LogP contribution >= 0.6 is 0 Å². The number of aromatic nitrogens is 2. The highest BCUT2D eigenvalue weighted by Crippen LogP contribution is 2.58. The summed E-state index contributed by atoms with van der Waals surface area (Å²) in [5.74, 6) is -3.56. The summed E-state index contributed by atoms with van der Waals surface area (Å²) in [4.78, 5) is 68.6. The minimum absolute atomic E-state index is 0.00640. The maximum absolute atomic E-state index is 14.5. The highest BCUT2D eigenvalue weighted by atomic mass is 16.5. The predicted octanol–water partition coefficient (Wildman–Crippen LogP) is 3.77. The first kappa shape index (κ1) is 28.0. The van der Waals surface area contributed by atoms with Gasteiger partial charge in [-0.25, -0.2) is 0 Å². The number of aromatic amines is 1. The number of aliphatic hydroxyl groups is 1. The molecule has 0 saturated carbocycles. The molecule has 0 amide bonds. The number of rotatable bonds is 2. The molecule has 0 fully saturated rings. The summed E-state index contributed by atoms with van der Waals surface area (Å²) in [6.45, 7) is 2.63. The number of H-pyrrole nitrogens is 1. The van der Waals surface area contributed by atoms with Crippen LogP contribution in [0.3, 0.4) is 0 Å².